The molecule has 1 atom stereocenters. The highest BCUT2D eigenvalue weighted by Crippen LogP contribution is 2.34. The Labute approximate surface area is 195 Å². The number of carbonyl (C=O) groups is 2. The zero-order valence-corrected chi connectivity index (χ0v) is 19.1. The van der Waals surface area contributed by atoms with Crippen LogP contribution in [-0.4, -0.2) is 61.6 Å². The van der Waals surface area contributed by atoms with Gasteiger partial charge in [0, 0.05) is 25.1 Å². The number of furan rings is 1. The molecular formula is C24H25FN2O5S. The Morgan fingerprint density at radius 1 is 1.24 bits per heavy atom. The summed E-state index contributed by atoms with van der Waals surface area (Å²) in [6.07, 6.45) is 2.14. The van der Waals surface area contributed by atoms with Crippen molar-refractivity contribution in [2.45, 2.75) is 12.5 Å². The highest BCUT2D eigenvalue weighted by Gasteiger charge is 2.34. The molecule has 0 saturated heterocycles. The highest BCUT2D eigenvalue weighted by molar-refractivity contribution is 7.10. The maximum absolute atomic E-state index is 14.1. The molecule has 4 rings (SSSR count). The summed E-state index contributed by atoms with van der Waals surface area (Å²) in [4.78, 5) is 30.6. The van der Waals surface area contributed by atoms with Gasteiger partial charge in [-0.25, -0.2) is 4.39 Å². The topological polar surface area (TPSA) is 72.2 Å². The number of amides is 2. The van der Waals surface area contributed by atoms with Crippen LogP contribution in [0, 0.1) is 5.82 Å². The molecule has 0 radical (unpaired) electrons. The number of fused-ring (bicyclic) bond motifs is 1. The summed E-state index contributed by atoms with van der Waals surface area (Å²) in [5.41, 5.74) is 0.997. The van der Waals surface area contributed by atoms with Crippen molar-refractivity contribution in [1.82, 2.24) is 9.80 Å². The van der Waals surface area contributed by atoms with Crippen LogP contribution < -0.4 is 4.74 Å². The third kappa shape index (κ3) is 5.26. The summed E-state index contributed by atoms with van der Waals surface area (Å²) in [5.74, 6) is -0.742. The standard InChI is InChI=1S/C24H25FN2O5S/c1-30-13-11-26(24(29)21-7-4-12-31-21)15-23(28)27-10-8-22-17(9-14-33-22)19(27)16-32-20-6-3-2-5-18(20)25/h2-7,9,12,14,19H,8,10-11,13,15-16H2,1H3/t19-/m0/s1. The Hall–Kier alpha value is -3.17. The number of rotatable bonds is 9. The minimum absolute atomic E-state index is 0.112. The number of halogens is 1. The molecule has 174 valence electrons. The molecule has 1 aliphatic rings. The zero-order valence-electron chi connectivity index (χ0n) is 18.2. The van der Waals surface area contributed by atoms with Crippen LogP contribution in [-0.2, 0) is 16.0 Å². The van der Waals surface area contributed by atoms with Crippen LogP contribution in [0.4, 0.5) is 4.39 Å². The summed E-state index contributed by atoms with van der Waals surface area (Å²) in [6.45, 7) is 1.01. The normalized spacial score (nSPS) is 15.2. The first kappa shape index (κ1) is 23.0. The number of para-hydroxylation sites is 1. The van der Waals surface area contributed by atoms with Gasteiger partial charge in [-0.1, -0.05) is 12.1 Å². The second kappa shape index (κ2) is 10.6. The molecule has 0 spiro atoms. The molecule has 1 aliphatic heterocycles. The lowest BCUT2D eigenvalue weighted by Gasteiger charge is -2.37. The lowest BCUT2D eigenvalue weighted by molar-refractivity contribution is -0.135. The molecule has 2 amide bonds. The lowest BCUT2D eigenvalue weighted by atomic mass is 10.0. The van der Waals surface area contributed by atoms with Crippen LogP contribution >= 0.6 is 11.3 Å². The molecule has 0 bridgehead atoms. The fourth-order valence-corrected chi connectivity index (χ4v) is 4.80. The largest absolute Gasteiger partial charge is 0.488 e. The van der Waals surface area contributed by atoms with E-state index in [0.29, 0.717) is 6.54 Å². The van der Waals surface area contributed by atoms with Crippen LogP contribution in [0.1, 0.15) is 27.0 Å². The van der Waals surface area contributed by atoms with Crippen LogP contribution in [0.15, 0.2) is 58.5 Å². The van der Waals surface area contributed by atoms with Crippen molar-refractivity contribution < 1.29 is 27.9 Å². The molecule has 0 aliphatic carbocycles. The molecule has 0 fully saturated rings. The highest BCUT2D eigenvalue weighted by atomic mass is 32.1. The van der Waals surface area contributed by atoms with E-state index in [-0.39, 0.29) is 55.7 Å². The molecule has 0 N–H and O–H groups in total. The lowest BCUT2D eigenvalue weighted by Crippen LogP contribution is -2.48. The molecule has 33 heavy (non-hydrogen) atoms. The van der Waals surface area contributed by atoms with Crippen molar-refractivity contribution in [3.05, 3.63) is 76.1 Å². The Morgan fingerprint density at radius 2 is 2.09 bits per heavy atom. The SMILES string of the molecule is COCCN(CC(=O)N1CCc2sccc2[C@@H]1COc1ccccc1F)C(=O)c1ccco1. The smallest absolute Gasteiger partial charge is 0.290 e. The zero-order chi connectivity index (χ0) is 23.2. The van der Waals surface area contributed by atoms with Gasteiger partial charge in [0.1, 0.15) is 13.2 Å². The molecule has 3 aromatic rings. The van der Waals surface area contributed by atoms with Crippen molar-refractivity contribution in [1.29, 1.82) is 0 Å². The second-order valence-corrected chi connectivity index (χ2v) is 8.59. The van der Waals surface area contributed by atoms with Gasteiger partial charge >= 0.3 is 0 Å². The first-order chi connectivity index (χ1) is 16.1. The van der Waals surface area contributed by atoms with Crippen molar-refractivity contribution in [3.8, 4) is 5.75 Å². The molecule has 3 heterocycles. The third-order valence-electron chi connectivity index (χ3n) is 5.56. The van der Waals surface area contributed by atoms with E-state index in [9.17, 15) is 14.0 Å². The number of methoxy groups -OCH3 is 1. The van der Waals surface area contributed by atoms with Gasteiger partial charge in [0.05, 0.1) is 18.9 Å². The Kier molecular flexibility index (Phi) is 7.41. The van der Waals surface area contributed by atoms with Gasteiger partial charge in [-0.3, -0.25) is 9.59 Å². The van der Waals surface area contributed by atoms with E-state index in [4.69, 9.17) is 13.9 Å². The molecular weight excluding hydrogens is 447 g/mol. The molecule has 9 heteroatoms. The number of hydrogen-bond acceptors (Lipinski definition) is 6. The minimum atomic E-state index is -0.452. The Morgan fingerprint density at radius 3 is 2.85 bits per heavy atom. The average Bonchev–Trinajstić information content (AvgIpc) is 3.52. The van der Waals surface area contributed by atoms with Gasteiger partial charge in [0.15, 0.2) is 17.3 Å². The summed E-state index contributed by atoms with van der Waals surface area (Å²) in [5, 5.41) is 1.99. The summed E-state index contributed by atoms with van der Waals surface area (Å²) < 4.78 is 30.2. The first-order valence-corrected chi connectivity index (χ1v) is 11.5. The summed E-state index contributed by atoms with van der Waals surface area (Å²) in [7, 11) is 1.54. The fourth-order valence-electron chi connectivity index (χ4n) is 3.87. The molecule has 0 saturated carbocycles. The minimum Gasteiger partial charge on any atom is -0.488 e. The number of thiophene rings is 1. The van der Waals surface area contributed by atoms with E-state index >= 15 is 0 Å². The summed E-state index contributed by atoms with van der Waals surface area (Å²) >= 11 is 1.63. The van der Waals surface area contributed by atoms with Gasteiger partial charge in [-0.2, -0.15) is 0 Å². The number of ether oxygens (including phenoxy) is 2. The molecule has 0 unspecified atom stereocenters. The number of hydrogen-bond donors (Lipinski definition) is 0. The van der Waals surface area contributed by atoms with Gasteiger partial charge < -0.3 is 23.7 Å². The van der Waals surface area contributed by atoms with Gasteiger partial charge in [0.2, 0.25) is 5.91 Å². The van der Waals surface area contributed by atoms with Gasteiger partial charge in [-0.05, 0) is 47.7 Å². The van der Waals surface area contributed by atoms with Crippen molar-refractivity contribution >= 4 is 23.2 Å². The van der Waals surface area contributed by atoms with Crippen LogP contribution in [0.2, 0.25) is 0 Å². The van der Waals surface area contributed by atoms with E-state index in [0.717, 1.165) is 12.0 Å². The van der Waals surface area contributed by atoms with E-state index in [2.05, 4.69) is 0 Å². The number of benzene rings is 1. The maximum Gasteiger partial charge on any atom is 0.290 e. The molecule has 7 nitrogen and oxygen atoms in total. The van der Waals surface area contributed by atoms with Crippen molar-refractivity contribution in [2.75, 3.05) is 40.0 Å². The van der Waals surface area contributed by atoms with Gasteiger partial charge in [-0.15, -0.1) is 11.3 Å². The quantitative estimate of drug-likeness (QED) is 0.474. The van der Waals surface area contributed by atoms with Crippen LogP contribution in [0.5, 0.6) is 5.75 Å². The number of nitrogens with zero attached hydrogens (tertiary/aromatic N) is 2. The third-order valence-corrected chi connectivity index (χ3v) is 6.56. The van der Waals surface area contributed by atoms with Crippen molar-refractivity contribution in [3.63, 3.8) is 0 Å². The van der Waals surface area contributed by atoms with Crippen LogP contribution in [0.25, 0.3) is 0 Å². The van der Waals surface area contributed by atoms with Crippen molar-refractivity contribution in [2.24, 2.45) is 0 Å². The predicted molar refractivity (Wildman–Crippen MR) is 121 cm³/mol. The fraction of sp³-hybridized carbons (Fsp3) is 0.333. The number of carbonyl (C=O) groups excluding carboxylic acids is 2. The Balaban J connectivity index is 1.52. The van der Waals surface area contributed by atoms with E-state index < -0.39 is 5.82 Å². The second-order valence-electron chi connectivity index (χ2n) is 7.59. The monoisotopic (exact) mass is 472 g/mol. The Bertz CT molecular complexity index is 1080. The maximum atomic E-state index is 14.1. The van der Waals surface area contributed by atoms with Crippen LogP contribution in [0.3, 0.4) is 0 Å². The van der Waals surface area contributed by atoms with E-state index in [1.54, 1.807) is 46.6 Å². The van der Waals surface area contributed by atoms with E-state index in [1.807, 2.05) is 11.4 Å². The average molecular weight is 473 g/mol. The molecule has 1 aromatic carbocycles. The van der Waals surface area contributed by atoms with Gasteiger partial charge in [0.25, 0.3) is 5.91 Å². The summed E-state index contributed by atoms with van der Waals surface area (Å²) in [6, 6.07) is 11.0. The van der Waals surface area contributed by atoms with E-state index in [1.165, 1.54) is 29.2 Å². The predicted octanol–water partition coefficient (Wildman–Crippen LogP) is 3.77. The first-order valence-electron chi connectivity index (χ1n) is 10.6. The molecule has 2 aromatic heterocycles.